The molecule has 0 spiro atoms. The summed E-state index contributed by atoms with van der Waals surface area (Å²) >= 11 is 0. The summed E-state index contributed by atoms with van der Waals surface area (Å²) in [5.41, 5.74) is 3.03. The Morgan fingerprint density at radius 2 is 1.72 bits per heavy atom. The molecule has 1 N–H and O–H groups in total. The van der Waals surface area contributed by atoms with E-state index in [-0.39, 0.29) is 5.91 Å². The van der Waals surface area contributed by atoms with E-state index in [1.807, 2.05) is 60.7 Å². The van der Waals surface area contributed by atoms with Gasteiger partial charge in [-0.05, 0) is 37.1 Å². The van der Waals surface area contributed by atoms with Crippen LogP contribution in [0.1, 0.15) is 18.5 Å². The maximum atomic E-state index is 13.0. The number of carbonyl (C=O) groups excluding carboxylic acids is 1. The van der Waals surface area contributed by atoms with Crippen LogP contribution in [0.25, 0.3) is 11.3 Å². The second-order valence-corrected chi connectivity index (χ2v) is 7.62. The van der Waals surface area contributed by atoms with Gasteiger partial charge < -0.3 is 19.5 Å². The lowest BCUT2D eigenvalue weighted by Gasteiger charge is -2.29. The van der Waals surface area contributed by atoms with Crippen LogP contribution in [0.3, 0.4) is 0 Å². The van der Waals surface area contributed by atoms with E-state index in [9.17, 15) is 4.79 Å². The number of ether oxygens (including phenoxy) is 1. The Morgan fingerprint density at radius 1 is 1.00 bits per heavy atom. The molecular formula is C23H23N3O3. The number of amides is 1. The zero-order chi connectivity index (χ0) is 19.7. The van der Waals surface area contributed by atoms with E-state index in [4.69, 9.17) is 9.26 Å². The van der Waals surface area contributed by atoms with E-state index >= 15 is 0 Å². The van der Waals surface area contributed by atoms with Gasteiger partial charge in [0.05, 0.1) is 24.3 Å². The molecule has 6 heteroatoms. The van der Waals surface area contributed by atoms with E-state index in [0.29, 0.717) is 11.5 Å². The molecule has 2 aromatic carbocycles. The van der Waals surface area contributed by atoms with Crippen molar-refractivity contribution in [2.75, 3.05) is 36.5 Å². The van der Waals surface area contributed by atoms with Crippen LogP contribution < -0.4 is 10.2 Å². The van der Waals surface area contributed by atoms with Crippen molar-refractivity contribution < 1.29 is 14.1 Å². The summed E-state index contributed by atoms with van der Waals surface area (Å²) in [7, 11) is 0. The Labute approximate surface area is 169 Å². The minimum atomic E-state index is -0.584. The van der Waals surface area contributed by atoms with Crippen LogP contribution in [-0.2, 0) is 14.9 Å². The molecule has 0 atom stereocenters. The number of aromatic nitrogens is 1. The Balaban J connectivity index is 1.29. The van der Waals surface area contributed by atoms with Crippen LogP contribution >= 0.6 is 0 Å². The Bertz CT molecular complexity index is 988. The highest BCUT2D eigenvalue weighted by molar-refractivity contribution is 6.01. The molecule has 1 aromatic heterocycles. The zero-order valence-electron chi connectivity index (χ0n) is 16.1. The SMILES string of the molecule is O=C(Nc1ccc(N2CCOCC2)cc1)C1(c2cc(-c3ccccc3)on2)CC1. The number of hydrogen-bond donors (Lipinski definition) is 1. The maximum Gasteiger partial charge on any atom is 0.236 e. The van der Waals surface area contributed by atoms with Crippen LogP contribution in [0.15, 0.2) is 65.2 Å². The third-order valence-electron chi connectivity index (χ3n) is 5.74. The minimum Gasteiger partial charge on any atom is -0.378 e. The average molecular weight is 389 g/mol. The van der Waals surface area contributed by atoms with E-state index in [2.05, 4.69) is 15.4 Å². The van der Waals surface area contributed by atoms with Gasteiger partial charge in [-0.3, -0.25) is 4.79 Å². The lowest BCUT2D eigenvalue weighted by Crippen LogP contribution is -2.36. The van der Waals surface area contributed by atoms with E-state index in [1.165, 1.54) is 0 Å². The normalized spacial score (nSPS) is 17.7. The second-order valence-electron chi connectivity index (χ2n) is 7.62. The van der Waals surface area contributed by atoms with Crippen molar-refractivity contribution in [3.63, 3.8) is 0 Å². The standard InChI is InChI=1S/C23H23N3O3/c27-22(24-18-6-8-19(9-7-18)26-12-14-28-15-13-26)23(10-11-23)21-16-20(29-25-21)17-4-2-1-3-5-17/h1-9,16H,10-15H2,(H,24,27). The van der Waals surface area contributed by atoms with Crippen molar-refractivity contribution >= 4 is 17.3 Å². The van der Waals surface area contributed by atoms with Crippen LogP contribution in [0.2, 0.25) is 0 Å². The number of nitrogens with zero attached hydrogens (tertiary/aromatic N) is 2. The molecule has 1 aliphatic heterocycles. The number of anilines is 2. The molecule has 0 radical (unpaired) electrons. The molecule has 3 aromatic rings. The molecule has 1 saturated carbocycles. The van der Waals surface area contributed by atoms with Gasteiger partial charge in [0.25, 0.3) is 0 Å². The number of hydrogen-bond acceptors (Lipinski definition) is 5. The number of nitrogens with one attached hydrogen (secondary N) is 1. The van der Waals surface area contributed by atoms with Crippen LogP contribution in [-0.4, -0.2) is 37.4 Å². The first-order valence-electron chi connectivity index (χ1n) is 10.0. The minimum absolute atomic E-state index is 0.0236. The highest BCUT2D eigenvalue weighted by Gasteiger charge is 2.53. The largest absolute Gasteiger partial charge is 0.378 e. The van der Waals surface area contributed by atoms with Crippen molar-refractivity contribution in [2.45, 2.75) is 18.3 Å². The first-order chi connectivity index (χ1) is 14.2. The number of morpholine rings is 1. The molecule has 1 amide bonds. The molecular weight excluding hydrogens is 366 g/mol. The van der Waals surface area contributed by atoms with Crippen molar-refractivity contribution in [2.24, 2.45) is 0 Å². The highest BCUT2D eigenvalue weighted by Crippen LogP contribution is 2.49. The van der Waals surface area contributed by atoms with Gasteiger partial charge in [-0.2, -0.15) is 0 Å². The van der Waals surface area contributed by atoms with Gasteiger partial charge in [-0.1, -0.05) is 35.5 Å². The smallest absolute Gasteiger partial charge is 0.236 e. The molecule has 1 aliphatic carbocycles. The van der Waals surface area contributed by atoms with Crippen LogP contribution in [0.4, 0.5) is 11.4 Å². The zero-order valence-corrected chi connectivity index (χ0v) is 16.1. The topological polar surface area (TPSA) is 67.6 Å². The lowest BCUT2D eigenvalue weighted by molar-refractivity contribution is -0.118. The number of benzene rings is 2. The van der Waals surface area contributed by atoms with Gasteiger partial charge in [0, 0.05) is 36.1 Å². The first-order valence-corrected chi connectivity index (χ1v) is 10.0. The Kier molecular flexibility index (Phi) is 4.56. The van der Waals surface area contributed by atoms with Gasteiger partial charge in [0.15, 0.2) is 5.76 Å². The summed E-state index contributed by atoms with van der Waals surface area (Å²) in [5, 5.41) is 7.27. The molecule has 0 unspecified atom stereocenters. The second kappa shape index (κ2) is 7.37. The van der Waals surface area contributed by atoms with Crippen LogP contribution in [0.5, 0.6) is 0 Å². The molecule has 5 rings (SSSR count). The van der Waals surface area contributed by atoms with Gasteiger partial charge in [0.1, 0.15) is 0 Å². The molecule has 1 saturated heterocycles. The fraction of sp³-hybridized carbons (Fsp3) is 0.304. The van der Waals surface area contributed by atoms with Crippen molar-refractivity contribution in [3.05, 3.63) is 66.4 Å². The summed E-state index contributed by atoms with van der Waals surface area (Å²) < 4.78 is 10.9. The monoisotopic (exact) mass is 389 g/mol. The van der Waals surface area contributed by atoms with Crippen molar-refractivity contribution in [1.82, 2.24) is 5.16 Å². The van der Waals surface area contributed by atoms with Gasteiger partial charge in [0.2, 0.25) is 5.91 Å². The van der Waals surface area contributed by atoms with Gasteiger partial charge >= 0.3 is 0 Å². The molecule has 2 fully saturated rings. The Morgan fingerprint density at radius 3 is 2.41 bits per heavy atom. The summed E-state index contributed by atoms with van der Waals surface area (Å²) in [6.07, 6.45) is 1.57. The summed E-state index contributed by atoms with van der Waals surface area (Å²) in [4.78, 5) is 15.3. The van der Waals surface area contributed by atoms with E-state index < -0.39 is 5.41 Å². The maximum absolute atomic E-state index is 13.0. The van der Waals surface area contributed by atoms with Gasteiger partial charge in [-0.25, -0.2) is 0 Å². The molecule has 0 bridgehead atoms. The fourth-order valence-corrected chi connectivity index (χ4v) is 3.79. The number of rotatable bonds is 5. The summed E-state index contributed by atoms with van der Waals surface area (Å²) in [5.74, 6) is 0.666. The molecule has 2 heterocycles. The number of carbonyl (C=O) groups is 1. The van der Waals surface area contributed by atoms with Crippen molar-refractivity contribution in [1.29, 1.82) is 0 Å². The lowest BCUT2D eigenvalue weighted by atomic mass is 10.00. The average Bonchev–Trinajstić information content (AvgIpc) is 3.45. The van der Waals surface area contributed by atoms with Crippen molar-refractivity contribution in [3.8, 4) is 11.3 Å². The summed E-state index contributed by atoms with van der Waals surface area (Å²) in [6.45, 7) is 3.29. The van der Waals surface area contributed by atoms with Gasteiger partial charge in [-0.15, -0.1) is 0 Å². The van der Waals surface area contributed by atoms with Crippen LogP contribution in [0, 0.1) is 0 Å². The fourth-order valence-electron chi connectivity index (χ4n) is 3.79. The predicted octanol–water partition coefficient (Wildman–Crippen LogP) is 3.85. The van der Waals surface area contributed by atoms with E-state index in [1.54, 1.807) is 0 Å². The molecule has 2 aliphatic rings. The Hall–Kier alpha value is -3.12. The third-order valence-corrected chi connectivity index (χ3v) is 5.74. The summed E-state index contributed by atoms with van der Waals surface area (Å²) in [6, 6.07) is 19.7. The molecule has 29 heavy (non-hydrogen) atoms. The first kappa shape index (κ1) is 17.9. The third kappa shape index (κ3) is 3.51. The highest BCUT2D eigenvalue weighted by atomic mass is 16.5. The molecule has 6 nitrogen and oxygen atoms in total. The van der Waals surface area contributed by atoms with E-state index in [0.717, 1.165) is 56.1 Å². The molecule has 148 valence electrons. The predicted molar refractivity (Wildman–Crippen MR) is 111 cm³/mol. The quantitative estimate of drug-likeness (QED) is 0.718.